The summed E-state index contributed by atoms with van der Waals surface area (Å²) in [6, 6.07) is 7.64. The Kier molecular flexibility index (Phi) is 3.35. The highest BCUT2D eigenvalue weighted by Gasteiger charge is 2.18. The van der Waals surface area contributed by atoms with E-state index in [-0.39, 0.29) is 12.2 Å². The summed E-state index contributed by atoms with van der Waals surface area (Å²) in [6.07, 6.45) is 3.12. The summed E-state index contributed by atoms with van der Waals surface area (Å²) in [7, 11) is 0. The van der Waals surface area contributed by atoms with Crippen molar-refractivity contribution in [1.82, 2.24) is 14.6 Å². The largest absolute Gasteiger partial charge is 0.462 e. The van der Waals surface area contributed by atoms with Gasteiger partial charge in [-0.1, -0.05) is 12.1 Å². The van der Waals surface area contributed by atoms with Crippen molar-refractivity contribution in [3.05, 3.63) is 54.1 Å². The van der Waals surface area contributed by atoms with Crippen molar-refractivity contribution in [2.24, 2.45) is 0 Å². The Morgan fingerprint density at radius 3 is 3.00 bits per heavy atom. The molecule has 0 saturated carbocycles. The zero-order valence-electron chi connectivity index (χ0n) is 11.3. The molecule has 0 saturated heterocycles. The average Bonchev–Trinajstić information content (AvgIpc) is 2.93. The molecule has 0 aliphatic heterocycles. The molecule has 0 aliphatic carbocycles. The van der Waals surface area contributed by atoms with Gasteiger partial charge in [-0.3, -0.25) is 0 Å². The zero-order valence-corrected chi connectivity index (χ0v) is 11.3. The summed E-state index contributed by atoms with van der Waals surface area (Å²) < 4.78 is 19.9. The van der Waals surface area contributed by atoms with E-state index in [1.165, 1.54) is 16.6 Å². The summed E-state index contributed by atoms with van der Waals surface area (Å²) in [5.74, 6) is -0.904. The van der Waals surface area contributed by atoms with Crippen molar-refractivity contribution < 1.29 is 13.9 Å². The fourth-order valence-corrected chi connectivity index (χ4v) is 2.07. The minimum absolute atomic E-state index is 0.249. The number of rotatable bonds is 3. The van der Waals surface area contributed by atoms with Crippen LogP contribution < -0.4 is 0 Å². The second-order valence-electron chi connectivity index (χ2n) is 4.37. The smallest absolute Gasteiger partial charge is 0.341 e. The summed E-state index contributed by atoms with van der Waals surface area (Å²) in [5, 5.41) is 4.05. The molecular weight excluding hydrogens is 273 g/mol. The summed E-state index contributed by atoms with van der Waals surface area (Å²) >= 11 is 0. The van der Waals surface area contributed by atoms with Crippen LogP contribution in [0.25, 0.3) is 16.9 Å². The van der Waals surface area contributed by atoms with E-state index in [2.05, 4.69) is 10.1 Å². The van der Waals surface area contributed by atoms with Gasteiger partial charge in [0.05, 0.1) is 18.5 Å². The number of ether oxygens (including phenoxy) is 1. The van der Waals surface area contributed by atoms with E-state index in [1.54, 1.807) is 37.5 Å². The fraction of sp³-hybridized carbons (Fsp3) is 0.133. The predicted molar refractivity (Wildman–Crippen MR) is 74.3 cm³/mol. The number of nitrogens with zero attached hydrogens (tertiary/aromatic N) is 3. The molecule has 5 nitrogen and oxygen atoms in total. The highest BCUT2D eigenvalue weighted by molar-refractivity contribution is 5.96. The van der Waals surface area contributed by atoms with Crippen LogP contribution >= 0.6 is 0 Å². The summed E-state index contributed by atoms with van der Waals surface area (Å²) in [5.41, 5.74) is 1.71. The fourth-order valence-electron chi connectivity index (χ4n) is 2.07. The van der Waals surface area contributed by atoms with Gasteiger partial charge in [-0.15, -0.1) is 0 Å². The molecule has 0 amide bonds. The van der Waals surface area contributed by atoms with E-state index in [0.717, 1.165) is 0 Å². The van der Waals surface area contributed by atoms with Crippen LogP contribution in [0.2, 0.25) is 0 Å². The van der Waals surface area contributed by atoms with E-state index in [0.29, 0.717) is 16.9 Å². The number of fused-ring (bicyclic) bond motifs is 1. The van der Waals surface area contributed by atoms with Crippen LogP contribution in [0.3, 0.4) is 0 Å². The first kappa shape index (κ1) is 13.2. The number of benzene rings is 1. The zero-order chi connectivity index (χ0) is 14.8. The molecule has 3 rings (SSSR count). The summed E-state index contributed by atoms with van der Waals surface area (Å²) in [4.78, 5) is 16.5. The molecule has 21 heavy (non-hydrogen) atoms. The van der Waals surface area contributed by atoms with Crippen molar-refractivity contribution in [3.63, 3.8) is 0 Å². The molecule has 0 fully saturated rings. The van der Waals surface area contributed by atoms with Gasteiger partial charge in [-0.25, -0.2) is 18.7 Å². The molecule has 0 N–H and O–H groups in total. The number of hydrogen-bond acceptors (Lipinski definition) is 4. The standard InChI is InChI=1S/C15H12FN3O2/c1-2-21-15(20)12-9-19-13(6-7-17-19)18-14(12)10-4-3-5-11(16)8-10/h3-9H,2H2,1H3. The second kappa shape index (κ2) is 5.32. The maximum atomic E-state index is 13.4. The lowest BCUT2D eigenvalue weighted by Gasteiger charge is -2.09. The highest BCUT2D eigenvalue weighted by Crippen LogP contribution is 2.23. The number of carbonyl (C=O) groups excluding carboxylic acids is 1. The number of halogens is 1. The minimum atomic E-state index is -0.512. The van der Waals surface area contributed by atoms with Crippen molar-refractivity contribution >= 4 is 11.6 Å². The minimum Gasteiger partial charge on any atom is -0.462 e. The van der Waals surface area contributed by atoms with Crippen LogP contribution in [0.1, 0.15) is 17.3 Å². The van der Waals surface area contributed by atoms with E-state index < -0.39 is 11.8 Å². The maximum Gasteiger partial charge on any atom is 0.341 e. The molecule has 0 spiro atoms. The van der Waals surface area contributed by atoms with Gasteiger partial charge in [0.2, 0.25) is 0 Å². The third-order valence-corrected chi connectivity index (χ3v) is 2.98. The number of esters is 1. The molecule has 3 aromatic rings. The molecule has 6 heteroatoms. The van der Waals surface area contributed by atoms with Crippen LogP contribution in [0, 0.1) is 5.82 Å². The highest BCUT2D eigenvalue weighted by atomic mass is 19.1. The van der Waals surface area contributed by atoms with Gasteiger partial charge < -0.3 is 4.74 Å². The van der Waals surface area contributed by atoms with Crippen molar-refractivity contribution in [1.29, 1.82) is 0 Å². The number of aromatic nitrogens is 3. The van der Waals surface area contributed by atoms with E-state index in [1.807, 2.05) is 0 Å². The third-order valence-electron chi connectivity index (χ3n) is 2.98. The van der Waals surface area contributed by atoms with Crippen LogP contribution in [0.4, 0.5) is 4.39 Å². The van der Waals surface area contributed by atoms with E-state index >= 15 is 0 Å². The van der Waals surface area contributed by atoms with E-state index in [9.17, 15) is 9.18 Å². The topological polar surface area (TPSA) is 56.5 Å². The quantitative estimate of drug-likeness (QED) is 0.694. The normalized spacial score (nSPS) is 10.8. The SMILES string of the molecule is CCOC(=O)c1cn2nccc2nc1-c1cccc(F)c1. The number of hydrogen-bond donors (Lipinski definition) is 0. The Balaban J connectivity index is 2.22. The van der Waals surface area contributed by atoms with E-state index in [4.69, 9.17) is 4.74 Å². The monoisotopic (exact) mass is 285 g/mol. The predicted octanol–water partition coefficient (Wildman–Crippen LogP) is 2.71. The molecule has 106 valence electrons. The van der Waals surface area contributed by atoms with Crippen molar-refractivity contribution in [2.75, 3.05) is 6.61 Å². The molecular formula is C15H12FN3O2. The Hall–Kier alpha value is -2.76. The van der Waals surface area contributed by atoms with Gasteiger partial charge in [0, 0.05) is 17.8 Å². The Morgan fingerprint density at radius 2 is 2.24 bits per heavy atom. The maximum absolute atomic E-state index is 13.4. The Morgan fingerprint density at radius 1 is 1.38 bits per heavy atom. The van der Waals surface area contributed by atoms with Gasteiger partial charge in [0.1, 0.15) is 11.4 Å². The molecule has 1 aromatic carbocycles. The van der Waals surface area contributed by atoms with Gasteiger partial charge >= 0.3 is 5.97 Å². The van der Waals surface area contributed by atoms with Crippen LogP contribution in [-0.2, 0) is 4.74 Å². The van der Waals surface area contributed by atoms with Crippen molar-refractivity contribution in [3.8, 4) is 11.3 Å². The first-order chi connectivity index (χ1) is 10.2. The number of carbonyl (C=O) groups is 1. The van der Waals surface area contributed by atoms with Gasteiger partial charge in [-0.2, -0.15) is 5.10 Å². The average molecular weight is 285 g/mol. The van der Waals surface area contributed by atoms with Crippen LogP contribution in [-0.4, -0.2) is 27.2 Å². The van der Waals surface area contributed by atoms with Gasteiger partial charge in [0.15, 0.2) is 5.65 Å². The summed E-state index contributed by atoms with van der Waals surface area (Å²) in [6.45, 7) is 1.97. The Bertz CT molecular complexity index is 814. The first-order valence-electron chi connectivity index (χ1n) is 6.46. The lowest BCUT2D eigenvalue weighted by Crippen LogP contribution is -2.10. The molecule has 0 unspecified atom stereocenters. The molecule has 2 aromatic heterocycles. The Labute approximate surface area is 120 Å². The lowest BCUT2D eigenvalue weighted by atomic mass is 10.1. The molecule has 0 aliphatic rings. The molecule has 2 heterocycles. The van der Waals surface area contributed by atoms with Crippen LogP contribution in [0.15, 0.2) is 42.7 Å². The van der Waals surface area contributed by atoms with Gasteiger partial charge in [0.25, 0.3) is 0 Å². The van der Waals surface area contributed by atoms with Gasteiger partial charge in [-0.05, 0) is 19.1 Å². The molecule has 0 atom stereocenters. The second-order valence-corrected chi connectivity index (χ2v) is 4.37. The third kappa shape index (κ3) is 2.47. The van der Waals surface area contributed by atoms with Crippen molar-refractivity contribution in [2.45, 2.75) is 6.92 Å². The molecule has 0 radical (unpaired) electrons. The first-order valence-corrected chi connectivity index (χ1v) is 6.46. The molecule has 0 bridgehead atoms. The lowest BCUT2D eigenvalue weighted by molar-refractivity contribution is 0.0526. The van der Waals surface area contributed by atoms with Crippen LogP contribution in [0.5, 0.6) is 0 Å².